The van der Waals surface area contributed by atoms with E-state index >= 15 is 0 Å². The summed E-state index contributed by atoms with van der Waals surface area (Å²) in [5.41, 5.74) is 2.03. The fourth-order valence-electron chi connectivity index (χ4n) is 2.12. The maximum absolute atomic E-state index is 12.9. The molecular weight excluding hydrogens is 292 g/mol. The van der Waals surface area contributed by atoms with E-state index in [0.29, 0.717) is 10.7 Å². The van der Waals surface area contributed by atoms with Crippen LogP contribution in [0.5, 0.6) is 0 Å². The third-order valence-electron chi connectivity index (χ3n) is 3.21. The van der Waals surface area contributed by atoms with Gasteiger partial charge in [-0.05, 0) is 17.7 Å². The number of para-hydroxylation sites is 1. The van der Waals surface area contributed by atoms with E-state index in [0.717, 1.165) is 11.3 Å². The largest absolute Gasteiger partial charge is 0.268 e. The molecule has 0 aliphatic carbocycles. The summed E-state index contributed by atoms with van der Waals surface area (Å²) in [7, 11) is 0. The summed E-state index contributed by atoms with van der Waals surface area (Å²) in [5, 5.41) is 2.48. The Morgan fingerprint density at radius 2 is 1.64 bits per heavy atom. The van der Waals surface area contributed by atoms with Crippen molar-refractivity contribution >= 4 is 33.6 Å². The maximum Gasteiger partial charge on any atom is 0.264 e. The van der Waals surface area contributed by atoms with Crippen LogP contribution in [0.2, 0.25) is 0 Å². The van der Waals surface area contributed by atoms with Gasteiger partial charge in [0.05, 0.1) is 5.69 Å². The minimum Gasteiger partial charge on any atom is -0.268 e. The minimum atomic E-state index is -0.174. The van der Waals surface area contributed by atoms with E-state index in [-0.39, 0.29) is 5.91 Å². The van der Waals surface area contributed by atoms with Gasteiger partial charge in [0.1, 0.15) is 0 Å². The highest BCUT2D eigenvalue weighted by Gasteiger charge is 2.23. The van der Waals surface area contributed by atoms with Crippen LogP contribution in [0, 0.1) is 0 Å². The molecule has 1 heterocycles. The van der Waals surface area contributed by atoms with E-state index in [9.17, 15) is 4.79 Å². The summed E-state index contributed by atoms with van der Waals surface area (Å²) in [4.78, 5) is 18.8. The molecule has 1 aromatic heterocycles. The van der Waals surface area contributed by atoms with E-state index < -0.39 is 0 Å². The molecule has 3 rings (SSSR count). The van der Waals surface area contributed by atoms with Crippen LogP contribution in [0.1, 0.15) is 5.56 Å². The zero-order valence-corrected chi connectivity index (χ0v) is 12.7. The van der Waals surface area contributed by atoms with Gasteiger partial charge in [-0.3, -0.25) is 9.69 Å². The van der Waals surface area contributed by atoms with Crippen molar-refractivity contribution in [3.63, 3.8) is 0 Å². The molecule has 3 aromatic rings. The molecule has 0 spiro atoms. The summed E-state index contributed by atoms with van der Waals surface area (Å²) in [6.07, 6.45) is 1.69. The summed E-state index contributed by atoms with van der Waals surface area (Å²) in [5.74, 6) is -0.174. The van der Waals surface area contributed by atoms with Gasteiger partial charge in [0.25, 0.3) is 5.91 Å². The molecule has 0 N–H and O–H groups in total. The Labute approximate surface area is 133 Å². The zero-order chi connectivity index (χ0) is 15.4. The number of amides is 1. The Kier molecular flexibility index (Phi) is 4.12. The standard InChI is InChI=1S/C18H14N2OS/c1-14(15-8-4-2-5-9-15)17(21)20(18-19-12-13-22-18)16-10-6-3-7-11-16/h2-13H,1H2. The summed E-state index contributed by atoms with van der Waals surface area (Å²) < 4.78 is 0. The van der Waals surface area contributed by atoms with Crippen molar-refractivity contribution in [2.45, 2.75) is 0 Å². The van der Waals surface area contributed by atoms with Crippen molar-refractivity contribution in [3.8, 4) is 0 Å². The van der Waals surface area contributed by atoms with Crippen molar-refractivity contribution in [2.75, 3.05) is 4.90 Å². The predicted octanol–water partition coefficient (Wildman–Crippen LogP) is 4.52. The Hall–Kier alpha value is -2.72. The number of nitrogens with zero attached hydrogens (tertiary/aromatic N) is 2. The van der Waals surface area contributed by atoms with Gasteiger partial charge in [0.15, 0.2) is 5.13 Å². The van der Waals surface area contributed by atoms with E-state index in [4.69, 9.17) is 0 Å². The highest BCUT2D eigenvalue weighted by atomic mass is 32.1. The third kappa shape index (κ3) is 2.82. The molecule has 0 saturated carbocycles. The number of hydrogen-bond donors (Lipinski definition) is 0. The molecule has 1 amide bonds. The first kappa shape index (κ1) is 14.2. The average Bonchev–Trinajstić information content (AvgIpc) is 3.10. The monoisotopic (exact) mass is 306 g/mol. The molecule has 0 atom stereocenters. The highest BCUT2D eigenvalue weighted by molar-refractivity contribution is 7.14. The van der Waals surface area contributed by atoms with Gasteiger partial charge in [-0.25, -0.2) is 4.98 Å². The molecule has 0 unspecified atom stereocenters. The molecule has 108 valence electrons. The van der Waals surface area contributed by atoms with Crippen molar-refractivity contribution < 1.29 is 4.79 Å². The number of thiazole rings is 1. The number of benzene rings is 2. The van der Waals surface area contributed by atoms with Crippen LogP contribution in [0.4, 0.5) is 10.8 Å². The lowest BCUT2D eigenvalue weighted by molar-refractivity contribution is -0.112. The number of anilines is 2. The van der Waals surface area contributed by atoms with Gasteiger partial charge in [0, 0.05) is 17.2 Å². The summed E-state index contributed by atoms with van der Waals surface area (Å²) in [6, 6.07) is 18.9. The van der Waals surface area contributed by atoms with E-state index in [1.54, 1.807) is 11.1 Å². The molecule has 22 heavy (non-hydrogen) atoms. The summed E-state index contributed by atoms with van der Waals surface area (Å²) >= 11 is 1.42. The first-order valence-corrected chi connectivity index (χ1v) is 7.68. The predicted molar refractivity (Wildman–Crippen MR) is 91.2 cm³/mol. The summed E-state index contributed by atoms with van der Waals surface area (Å²) in [6.45, 7) is 3.97. The number of rotatable bonds is 4. The second-order valence-electron chi connectivity index (χ2n) is 4.64. The lowest BCUT2D eigenvalue weighted by atomic mass is 10.1. The molecular formula is C18H14N2OS. The van der Waals surface area contributed by atoms with E-state index in [2.05, 4.69) is 11.6 Å². The topological polar surface area (TPSA) is 33.2 Å². The number of carbonyl (C=O) groups excluding carboxylic acids is 1. The lowest BCUT2D eigenvalue weighted by Gasteiger charge is -2.21. The van der Waals surface area contributed by atoms with Crippen LogP contribution in [0.15, 0.2) is 78.8 Å². The van der Waals surface area contributed by atoms with Gasteiger partial charge in [-0.2, -0.15) is 0 Å². The molecule has 0 aliphatic heterocycles. The van der Waals surface area contributed by atoms with Crippen molar-refractivity contribution in [1.82, 2.24) is 4.98 Å². The van der Waals surface area contributed by atoms with Crippen molar-refractivity contribution in [2.24, 2.45) is 0 Å². The van der Waals surface area contributed by atoms with Crippen LogP contribution >= 0.6 is 11.3 Å². The Morgan fingerprint density at radius 3 is 2.23 bits per heavy atom. The molecule has 0 bridgehead atoms. The Morgan fingerprint density at radius 1 is 1.00 bits per heavy atom. The van der Waals surface area contributed by atoms with Gasteiger partial charge in [0.2, 0.25) is 0 Å². The molecule has 0 fully saturated rings. The van der Waals surface area contributed by atoms with E-state index in [1.807, 2.05) is 66.0 Å². The third-order valence-corrected chi connectivity index (χ3v) is 3.97. The quantitative estimate of drug-likeness (QED) is 0.664. The van der Waals surface area contributed by atoms with Gasteiger partial charge in [-0.1, -0.05) is 55.1 Å². The van der Waals surface area contributed by atoms with Crippen LogP contribution in [-0.4, -0.2) is 10.9 Å². The molecule has 2 aromatic carbocycles. The maximum atomic E-state index is 12.9. The smallest absolute Gasteiger partial charge is 0.264 e. The van der Waals surface area contributed by atoms with Gasteiger partial charge >= 0.3 is 0 Å². The Balaban J connectivity index is 2.00. The number of hydrogen-bond acceptors (Lipinski definition) is 3. The SMILES string of the molecule is C=C(C(=O)N(c1ccccc1)c1nccs1)c1ccccc1. The minimum absolute atomic E-state index is 0.174. The van der Waals surface area contributed by atoms with Crippen LogP contribution in [0.3, 0.4) is 0 Å². The number of carbonyl (C=O) groups is 1. The highest BCUT2D eigenvalue weighted by Crippen LogP contribution is 2.30. The zero-order valence-electron chi connectivity index (χ0n) is 11.8. The Bertz CT molecular complexity index is 767. The average molecular weight is 306 g/mol. The molecule has 3 nitrogen and oxygen atoms in total. The fraction of sp³-hybridized carbons (Fsp3) is 0. The van der Waals surface area contributed by atoms with Crippen molar-refractivity contribution in [1.29, 1.82) is 0 Å². The van der Waals surface area contributed by atoms with Crippen LogP contribution < -0.4 is 4.90 Å². The molecule has 0 radical (unpaired) electrons. The number of aromatic nitrogens is 1. The van der Waals surface area contributed by atoms with Crippen LogP contribution in [0.25, 0.3) is 5.57 Å². The second-order valence-corrected chi connectivity index (χ2v) is 5.51. The van der Waals surface area contributed by atoms with Crippen molar-refractivity contribution in [3.05, 3.63) is 84.4 Å². The normalized spacial score (nSPS) is 10.2. The molecule has 4 heteroatoms. The van der Waals surface area contributed by atoms with Crippen LogP contribution in [-0.2, 0) is 4.79 Å². The second kappa shape index (κ2) is 6.37. The molecule has 0 saturated heterocycles. The van der Waals surface area contributed by atoms with Gasteiger partial charge < -0.3 is 0 Å². The van der Waals surface area contributed by atoms with Gasteiger partial charge in [-0.15, -0.1) is 11.3 Å². The van der Waals surface area contributed by atoms with E-state index in [1.165, 1.54) is 11.3 Å². The first-order chi connectivity index (χ1) is 10.8. The fourth-order valence-corrected chi connectivity index (χ4v) is 2.77. The molecule has 0 aliphatic rings. The first-order valence-electron chi connectivity index (χ1n) is 6.80. The lowest BCUT2D eigenvalue weighted by Crippen LogP contribution is -2.26.